The number of carbonyl (C=O) groups is 2. The SMILES string of the molecule is O=C1NCCN1.O=CC(O)C(O)C(O)C(O)CO. The lowest BCUT2D eigenvalue weighted by Gasteiger charge is -2.22. The molecular formula is C9H18N2O7. The third-order valence-electron chi connectivity index (χ3n) is 2.12. The number of hydrogen-bond donors (Lipinski definition) is 7. The minimum absolute atomic E-state index is 0.0258. The molecule has 0 aromatic heterocycles. The van der Waals surface area contributed by atoms with Crippen LogP contribution in [0.3, 0.4) is 0 Å². The van der Waals surface area contributed by atoms with E-state index < -0.39 is 31.0 Å². The second kappa shape index (κ2) is 8.78. The Labute approximate surface area is 103 Å². The Balaban J connectivity index is 0.000000397. The zero-order valence-corrected chi connectivity index (χ0v) is 9.56. The normalized spacial score (nSPS) is 20.6. The van der Waals surface area contributed by atoms with Crippen LogP contribution in [0, 0.1) is 0 Å². The van der Waals surface area contributed by atoms with E-state index in [1.165, 1.54) is 0 Å². The van der Waals surface area contributed by atoms with E-state index in [9.17, 15) is 9.59 Å². The van der Waals surface area contributed by atoms with Crippen molar-refractivity contribution < 1.29 is 35.1 Å². The molecule has 0 radical (unpaired) electrons. The smallest absolute Gasteiger partial charge is 0.314 e. The van der Waals surface area contributed by atoms with Gasteiger partial charge in [0.2, 0.25) is 0 Å². The number of carbonyl (C=O) groups excluding carboxylic acids is 2. The molecule has 2 amide bonds. The Morgan fingerprint density at radius 1 is 1.11 bits per heavy atom. The van der Waals surface area contributed by atoms with Crippen LogP contribution in [0.15, 0.2) is 0 Å². The zero-order valence-electron chi connectivity index (χ0n) is 9.56. The van der Waals surface area contributed by atoms with E-state index in [0.29, 0.717) is 0 Å². The van der Waals surface area contributed by atoms with Gasteiger partial charge in [-0.3, -0.25) is 0 Å². The largest absolute Gasteiger partial charge is 0.394 e. The molecule has 1 heterocycles. The summed E-state index contributed by atoms with van der Waals surface area (Å²) >= 11 is 0. The highest BCUT2D eigenvalue weighted by atomic mass is 16.4. The van der Waals surface area contributed by atoms with Crippen LogP contribution in [0.2, 0.25) is 0 Å². The van der Waals surface area contributed by atoms with Gasteiger partial charge in [0.05, 0.1) is 6.61 Å². The highest BCUT2D eigenvalue weighted by Gasteiger charge is 2.29. The third kappa shape index (κ3) is 5.89. The molecule has 9 heteroatoms. The molecule has 4 atom stereocenters. The predicted octanol–water partition coefficient (Wildman–Crippen LogP) is -4.08. The fraction of sp³-hybridized carbons (Fsp3) is 0.778. The predicted molar refractivity (Wildman–Crippen MR) is 58.6 cm³/mol. The van der Waals surface area contributed by atoms with Gasteiger partial charge in [-0.25, -0.2) is 4.79 Å². The first kappa shape index (κ1) is 16.7. The van der Waals surface area contributed by atoms with Crippen molar-refractivity contribution in [2.75, 3.05) is 19.7 Å². The molecule has 1 saturated heterocycles. The molecule has 0 aromatic carbocycles. The quantitative estimate of drug-likeness (QED) is 0.249. The van der Waals surface area contributed by atoms with E-state index in [4.69, 9.17) is 25.5 Å². The Morgan fingerprint density at radius 3 is 1.89 bits per heavy atom. The average Bonchev–Trinajstić information content (AvgIpc) is 2.86. The van der Waals surface area contributed by atoms with Crippen LogP contribution in [0.1, 0.15) is 0 Å². The van der Waals surface area contributed by atoms with Crippen LogP contribution in [0.5, 0.6) is 0 Å². The molecule has 0 aromatic rings. The van der Waals surface area contributed by atoms with Crippen LogP contribution in [-0.4, -0.2) is 82.0 Å². The summed E-state index contributed by atoms with van der Waals surface area (Å²) < 4.78 is 0. The van der Waals surface area contributed by atoms with Gasteiger partial charge >= 0.3 is 6.03 Å². The molecular weight excluding hydrogens is 248 g/mol. The minimum Gasteiger partial charge on any atom is -0.394 e. The van der Waals surface area contributed by atoms with Crippen molar-refractivity contribution in [3.05, 3.63) is 0 Å². The van der Waals surface area contributed by atoms with Gasteiger partial charge in [-0.15, -0.1) is 0 Å². The maximum Gasteiger partial charge on any atom is 0.314 e. The first-order valence-electron chi connectivity index (χ1n) is 5.24. The van der Waals surface area contributed by atoms with Crippen molar-refractivity contribution in [2.45, 2.75) is 24.4 Å². The molecule has 1 aliphatic rings. The van der Waals surface area contributed by atoms with Gasteiger partial charge in [0.1, 0.15) is 24.4 Å². The molecule has 1 aliphatic heterocycles. The summed E-state index contributed by atoms with van der Waals surface area (Å²) in [6, 6.07) is -0.0463. The third-order valence-corrected chi connectivity index (χ3v) is 2.12. The maximum atomic E-state index is 10.0. The van der Waals surface area contributed by atoms with Crippen molar-refractivity contribution in [3.8, 4) is 0 Å². The summed E-state index contributed by atoms with van der Waals surface area (Å²) in [5, 5.41) is 48.7. The number of aldehydes is 1. The van der Waals surface area contributed by atoms with Crippen molar-refractivity contribution in [2.24, 2.45) is 0 Å². The molecule has 9 nitrogen and oxygen atoms in total. The first-order chi connectivity index (χ1) is 8.43. The van der Waals surface area contributed by atoms with E-state index in [1.807, 2.05) is 0 Å². The summed E-state index contributed by atoms with van der Waals surface area (Å²) in [5.41, 5.74) is 0. The molecule has 1 fully saturated rings. The molecule has 1 rings (SSSR count). The van der Waals surface area contributed by atoms with Crippen molar-refractivity contribution >= 4 is 12.3 Å². The van der Waals surface area contributed by atoms with E-state index >= 15 is 0 Å². The molecule has 0 spiro atoms. The monoisotopic (exact) mass is 266 g/mol. The van der Waals surface area contributed by atoms with Crippen molar-refractivity contribution in [1.29, 1.82) is 0 Å². The van der Waals surface area contributed by atoms with E-state index in [1.54, 1.807) is 0 Å². The summed E-state index contributed by atoms with van der Waals surface area (Å²) in [6.45, 7) is 0.793. The summed E-state index contributed by atoms with van der Waals surface area (Å²) in [5.74, 6) is 0. The number of urea groups is 1. The van der Waals surface area contributed by atoms with E-state index in [0.717, 1.165) is 13.1 Å². The molecule has 4 unspecified atom stereocenters. The number of aliphatic hydroxyl groups excluding tert-OH is 5. The van der Waals surface area contributed by atoms with Crippen LogP contribution in [0.4, 0.5) is 4.79 Å². The number of nitrogens with one attached hydrogen (secondary N) is 2. The standard InChI is InChI=1S/C6H12O6.C3H6N2O/c7-1-3(9)5(11)6(12)4(10)2-8;6-3-4-1-2-5-3/h1,3-6,8-12H,2H2;1-2H2,(H2,4,5,6). The highest BCUT2D eigenvalue weighted by molar-refractivity contribution is 5.75. The van der Waals surface area contributed by atoms with E-state index in [-0.39, 0.29) is 12.3 Å². The second-order valence-electron chi connectivity index (χ2n) is 3.54. The Kier molecular flexibility index (Phi) is 8.16. The minimum atomic E-state index is -1.79. The van der Waals surface area contributed by atoms with Gasteiger partial charge in [0, 0.05) is 13.1 Å². The topological polar surface area (TPSA) is 159 Å². The van der Waals surface area contributed by atoms with Crippen molar-refractivity contribution in [3.63, 3.8) is 0 Å². The Bertz CT molecular complexity index is 255. The van der Waals surface area contributed by atoms with Gasteiger partial charge in [0.15, 0.2) is 6.29 Å². The maximum absolute atomic E-state index is 10.0. The van der Waals surface area contributed by atoms with Crippen LogP contribution in [0.25, 0.3) is 0 Å². The molecule has 0 bridgehead atoms. The lowest BCUT2D eigenvalue weighted by atomic mass is 10.0. The van der Waals surface area contributed by atoms with Gasteiger partial charge in [-0.2, -0.15) is 0 Å². The van der Waals surface area contributed by atoms with Crippen LogP contribution >= 0.6 is 0 Å². The second-order valence-corrected chi connectivity index (χ2v) is 3.54. The van der Waals surface area contributed by atoms with Gasteiger partial charge < -0.3 is 41.0 Å². The number of hydrogen-bond acceptors (Lipinski definition) is 7. The molecule has 0 saturated carbocycles. The Morgan fingerprint density at radius 2 is 1.61 bits per heavy atom. The molecule has 7 N–H and O–H groups in total. The van der Waals surface area contributed by atoms with Crippen molar-refractivity contribution in [1.82, 2.24) is 10.6 Å². The lowest BCUT2D eigenvalue weighted by molar-refractivity contribution is -0.136. The average molecular weight is 266 g/mol. The van der Waals surface area contributed by atoms with Crippen LogP contribution in [-0.2, 0) is 4.79 Å². The fourth-order valence-corrected chi connectivity index (χ4v) is 1.03. The number of amides is 2. The lowest BCUT2D eigenvalue weighted by Crippen LogP contribution is -2.46. The first-order valence-corrected chi connectivity index (χ1v) is 5.24. The molecule has 0 aliphatic carbocycles. The van der Waals surface area contributed by atoms with Gasteiger partial charge in [0.25, 0.3) is 0 Å². The zero-order chi connectivity index (χ0) is 14.1. The van der Waals surface area contributed by atoms with E-state index in [2.05, 4.69) is 10.6 Å². The number of rotatable bonds is 5. The highest BCUT2D eigenvalue weighted by Crippen LogP contribution is 2.02. The molecule has 106 valence electrons. The van der Waals surface area contributed by atoms with Gasteiger partial charge in [-0.1, -0.05) is 0 Å². The summed E-state index contributed by atoms with van der Waals surface area (Å²) in [7, 11) is 0. The fourth-order valence-electron chi connectivity index (χ4n) is 1.03. The summed E-state index contributed by atoms with van der Waals surface area (Å²) in [4.78, 5) is 19.9. The van der Waals surface area contributed by atoms with Gasteiger partial charge in [-0.05, 0) is 0 Å². The molecule has 18 heavy (non-hydrogen) atoms. The Hall–Kier alpha value is -1.26. The van der Waals surface area contributed by atoms with Crippen LogP contribution < -0.4 is 10.6 Å². The summed E-state index contributed by atoms with van der Waals surface area (Å²) in [6.07, 6.45) is -6.84. The number of aliphatic hydroxyl groups is 5.